The van der Waals surface area contributed by atoms with Crippen molar-refractivity contribution in [1.82, 2.24) is 24.6 Å². The quantitative estimate of drug-likeness (QED) is 0.752. The molecular weight excluding hydrogens is 298 g/mol. The molecule has 8 nitrogen and oxygen atoms in total. The number of carboxylic acids is 1. The van der Waals surface area contributed by atoms with Crippen molar-refractivity contribution in [2.75, 3.05) is 13.1 Å². The molecule has 1 atom stereocenters. The van der Waals surface area contributed by atoms with Gasteiger partial charge in [0.25, 0.3) is 0 Å². The van der Waals surface area contributed by atoms with Crippen LogP contribution in [0.5, 0.6) is 0 Å². The molecule has 3 rings (SSSR count). The molecule has 2 aromatic rings. The average Bonchev–Trinajstić information content (AvgIpc) is 3.16. The molecule has 3 heterocycles. The van der Waals surface area contributed by atoms with Gasteiger partial charge in [-0.25, -0.2) is 9.78 Å². The highest BCUT2D eigenvalue weighted by molar-refractivity contribution is 5.86. The Hall–Kier alpha value is -2.19. The van der Waals surface area contributed by atoms with Crippen LogP contribution in [0.3, 0.4) is 0 Å². The number of carboxylic acid groups (broad SMARTS) is 1. The summed E-state index contributed by atoms with van der Waals surface area (Å²) in [6.07, 6.45) is 6.25. The van der Waals surface area contributed by atoms with Gasteiger partial charge in [0.2, 0.25) is 0 Å². The zero-order valence-electron chi connectivity index (χ0n) is 13.0. The smallest absolute Gasteiger partial charge is 0.354 e. The zero-order chi connectivity index (χ0) is 16.4. The van der Waals surface area contributed by atoms with E-state index in [9.17, 15) is 9.90 Å². The van der Waals surface area contributed by atoms with Crippen LogP contribution in [0, 0.1) is 5.92 Å². The van der Waals surface area contributed by atoms with E-state index in [-0.39, 0.29) is 11.6 Å². The molecule has 1 saturated heterocycles. The first-order valence-electron chi connectivity index (χ1n) is 7.69. The maximum absolute atomic E-state index is 11.1. The molecule has 0 radical (unpaired) electrons. The van der Waals surface area contributed by atoms with Crippen LogP contribution in [0.15, 0.2) is 18.6 Å². The number of H-pyrrole nitrogens is 1. The van der Waals surface area contributed by atoms with Gasteiger partial charge in [0.15, 0.2) is 0 Å². The number of rotatable bonds is 5. The summed E-state index contributed by atoms with van der Waals surface area (Å²) in [6.45, 7) is 2.19. The molecule has 1 fully saturated rings. The number of hydrogen-bond acceptors (Lipinski definition) is 5. The number of likely N-dealkylation sites (tertiary alicyclic amines) is 1. The van der Waals surface area contributed by atoms with Gasteiger partial charge in [0.05, 0.1) is 6.20 Å². The molecule has 23 heavy (non-hydrogen) atoms. The largest absolute Gasteiger partial charge is 0.477 e. The molecule has 8 heteroatoms. The highest BCUT2D eigenvalue weighted by atomic mass is 16.4. The van der Waals surface area contributed by atoms with E-state index in [0.717, 1.165) is 25.9 Å². The van der Waals surface area contributed by atoms with Gasteiger partial charge in [0, 0.05) is 31.5 Å². The second kappa shape index (κ2) is 6.51. The topological polar surface area (TPSA) is 107 Å². The van der Waals surface area contributed by atoms with Crippen molar-refractivity contribution < 1.29 is 15.0 Å². The fourth-order valence-corrected chi connectivity index (χ4v) is 3.16. The fourth-order valence-electron chi connectivity index (χ4n) is 3.16. The number of imidazole rings is 1. The summed E-state index contributed by atoms with van der Waals surface area (Å²) >= 11 is 0. The number of aromatic carboxylic acids is 1. The van der Waals surface area contributed by atoms with Crippen molar-refractivity contribution in [2.45, 2.75) is 25.5 Å². The molecule has 0 bridgehead atoms. The minimum Gasteiger partial charge on any atom is -0.477 e. The maximum atomic E-state index is 11.1. The van der Waals surface area contributed by atoms with Crippen LogP contribution in [-0.4, -0.2) is 53.9 Å². The highest BCUT2D eigenvalue weighted by Crippen LogP contribution is 2.30. The lowest BCUT2D eigenvalue weighted by atomic mass is 9.90. The number of aliphatic hydroxyl groups is 1. The molecule has 1 aliphatic rings. The number of aromatic nitrogens is 4. The molecule has 0 aliphatic carbocycles. The van der Waals surface area contributed by atoms with Crippen LogP contribution in [0.4, 0.5) is 0 Å². The van der Waals surface area contributed by atoms with Crippen molar-refractivity contribution >= 4 is 5.97 Å². The zero-order valence-corrected chi connectivity index (χ0v) is 13.0. The van der Waals surface area contributed by atoms with Gasteiger partial charge in [-0.2, -0.15) is 5.10 Å². The van der Waals surface area contributed by atoms with E-state index in [1.807, 2.05) is 17.8 Å². The number of aromatic amines is 1. The van der Waals surface area contributed by atoms with Crippen molar-refractivity contribution in [1.29, 1.82) is 0 Å². The van der Waals surface area contributed by atoms with E-state index in [4.69, 9.17) is 5.11 Å². The van der Waals surface area contributed by atoms with Crippen molar-refractivity contribution in [3.8, 4) is 0 Å². The van der Waals surface area contributed by atoms with Gasteiger partial charge in [-0.05, 0) is 31.8 Å². The van der Waals surface area contributed by atoms with Crippen molar-refractivity contribution in [2.24, 2.45) is 13.0 Å². The third kappa shape index (κ3) is 3.27. The Labute approximate surface area is 133 Å². The van der Waals surface area contributed by atoms with Gasteiger partial charge in [-0.1, -0.05) is 0 Å². The lowest BCUT2D eigenvalue weighted by Crippen LogP contribution is -2.35. The minimum absolute atomic E-state index is 0.153. The third-order valence-electron chi connectivity index (χ3n) is 4.53. The molecule has 0 amide bonds. The van der Waals surface area contributed by atoms with Crippen molar-refractivity contribution in [3.05, 3.63) is 35.7 Å². The van der Waals surface area contributed by atoms with Gasteiger partial charge >= 0.3 is 5.97 Å². The maximum Gasteiger partial charge on any atom is 0.354 e. The molecule has 0 aromatic carbocycles. The summed E-state index contributed by atoms with van der Waals surface area (Å²) in [7, 11) is 1.88. The van der Waals surface area contributed by atoms with Crippen LogP contribution in [0.2, 0.25) is 0 Å². The van der Waals surface area contributed by atoms with Crippen LogP contribution in [-0.2, 0) is 13.6 Å². The van der Waals surface area contributed by atoms with Crippen LogP contribution < -0.4 is 0 Å². The predicted molar refractivity (Wildman–Crippen MR) is 81.7 cm³/mol. The lowest BCUT2D eigenvalue weighted by molar-refractivity contribution is 0.0490. The lowest BCUT2D eigenvalue weighted by Gasteiger charge is -2.33. The van der Waals surface area contributed by atoms with E-state index in [1.165, 1.54) is 0 Å². The summed E-state index contributed by atoms with van der Waals surface area (Å²) in [5, 5.41) is 25.9. The van der Waals surface area contributed by atoms with Gasteiger partial charge in [-0.15, -0.1) is 0 Å². The van der Waals surface area contributed by atoms with E-state index in [2.05, 4.69) is 20.1 Å². The molecule has 124 valence electrons. The molecule has 0 saturated carbocycles. The van der Waals surface area contributed by atoms with Crippen LogP contribution in [0.1, 0.15) is 40.8 Å². The van der Waals surface area contributed by atoms with E-state index in [1.54, 1.807) is 12.4 Å². The standard InChI is InChI=1S/C15H21N5O3/c1-19-7-4-16-14(19)13(21)10-2-5-20(6-3-10)9-11-8-17-18-12(11)15(22)23/h4,7-8,10,13,21H,2-3,5-6,9H2,1H3,(H,17,18)(H,22,23)/t13-/m0/s1. The molecule has 1 aliphatic heterocycles. The number of aliphatic hydroxyl groups excluding tert-OH is 1. The van der Waals surface area contributed by atoms with Crippen molar-refractivity contribution in [3.63, 3.8) is 0 Å². The van der Waals surface area contributed by atoms with Crippen LogP contribution in [0.25, 0.3) is 0 Å². The number of nitrogens with zero attached hydrogens (tertiary/aromatic N) is 4. The number of aryl methyl sites for hydroxylation is 1. The number of carbonyl (C=O) groups is 1. The molecular formula is C15H21N5O3. The molecule has 0 unspecified atom stereocenters. The van der Waals surface area contributed by atoms with E-state index in [0.29, 0.717) is 17.9 Å². The molecule has 3 N–H and O–H groups in total. The monoisotopic (exact) mass is 319 g/mol. The second-order valence-corrected chi connectivity index (χ2v) is 6.03. The summed E-state index contributed by atoms with van der Waals surface area (Å²) in [4.78, 5) is 17.5. The summed E-state index contributed by atoms with van der Waals surface area (Å²) in [5.41, 5.74) is 0.848. The highest BCUT2D eigenvalue weighted by Gasteiger charge is 2.29. The fraction of sp³-hybridized carbons (Fsp3) is 0.533. The second-order valence-electron chi connectivity index (χ2n) is 6.03. The molecule has 2 aromatic heterocycles. The van der Waals surface area contributed by atoms with Gasteiger partial charge in [0.1, 0.15) is 17.6 Å². The van der Waals surface area contributed by atoms with E-state index >= 15 is 0 Å². The Morgan fingerprint density at radius 3 is 2.83 bits per heavy atom. The summed E-state index contributed by atoms with van der Waals surface area (Å²) in [6, 6.07) is 0. The average molecular weight is 319 g/mol. The first-order chi connectivity index (χ1) is 11.1. The number of piperidine rings is 1. The van der Waals surface area contributed by atoms with Crippen LogP contribution >= 0.6 is 0 Å². The Balaban J connectivity index is 1.57. The SMILES string of the molecule is Cn1ccnc1[C@@H](O)C1CCN(Cc2cn[nH]c2C(=O)O)CC1. The Bertz CT molecular complexity index is 672. The first kappa shape index (κ1) is 15.7. The number of nitrogens with one attached hydrogen (secondary N) is 1. The Kier molecular flexibility index (Phi) is 4.44. The Morgan fingerprint density at radius 2 is 2.22 bits per heavy atom. The molecule has 0 spiro atoms. The first-order valence-corrected chi connectivity index (χ1v) is 7.69. The number of hydrogen-bond donors (Lipinski definition) is 3. The normalized spacial score (nSPS) is 18.2. The van der Waals surface area contributed by atoms with Gasteiger partial charge in [-0.3, -0.25) is 10.00 Å². The summed E-state index contributed by atoms with van der Waals surface area (Å²) in [5.74, 6) is -0.111. The minimum atomic E-state index is -0.988. The predicted octanol–water partition coefficient (Wildman–Crippen LogP) is 0.787. The third-order valence-corrected chi connectivity index (χ3v) is 4.53. The van der Waals surface area contributed by atoms with E-state index < -0.39 is 12.1 Å². The van der Waals surface area contributed by atoms with Gasteiger partial charge < -0.3 is 14.8 Å². The Morgan fingerprint density at radius 1 is 1.48 bits per heavy atom. The summed E-state index contributed by atoms with van der Waals surface area (Å²) < 4.78 is 1.85.